The highest BCUT2D eigenvalue weighted by Crippen LogP contribution is 2.16. The van der Waals surface area contributed by atoms with Gasteiger partial charge in [-0.15, -0.1) is 24.0 Å². The molecule has 1 fully saturated rings. The zero-order valence-electron chi connectivity index (χ0n) is 16.6. The minimum atomic E-state index is -0.185. The Morgan fingerprint density at radius 2 is 1.89 bits per heavy atom. The van der Waals surface area contributed by atoms with Crippen molar-refractivity contribution in [3.8, 4) is 0 Å². The van der Waals surface area contributed by atoms with E-state index in [9.17, 15) is 4.39 Å². The lowest BCUT2D eigenvalue weighted by atomic mass is 10.2. The van der Waals surface area contributed by atoms with Crippen LogP contribution in [0.4, 0.5) is 10.1 Å². The summed E-state index contributed by atoms with van der Waals surface area (Å²) in [6, 6.07) is 6.97. The number of piperazine rings is 1. The Balaban J connectivity index is 0.00000364. The molecule has 2 rings (SSSR count). The number of benzene rings is 1. The average Bonchev–Trinajstić information content (AvgIpc) is 2.63. The van der Waals surface area contributed by atoms with Gasteiger partial charge in [-0.05, 0) is 38.1 Å². The molecule has 1 unspecified atom stereocenters. The molecule has 1 saturated heterocycles. The van der Waals surface area contributed by atoms with Crippen molar-refractivity contribution in [1.29, 1.82) is 0 Å². The largest absolute Gasteiger partial charge is 0.383 e. The summed E-state index contributed by atoms with van der Waals surface area (Å²) in [5.74, 6) is 0.650. The Hall–Kier alpha value is -1.13. The van der Waals surface area contributed by atoms with Gasteiger partial charge >= 0.3 is 0 Å². The monoisotopic (exact) mass is 493 g/mol. The van der Waals surface area contributed by atoms with Crippen molar-refractivity contribution in [1.82, 2.24) is 15.5 Å². The summed E-state index contributed by atoms with van der Waals surface area (Å²) >= 11 is 0. The first-order valence-corrected chi connectivity index (χ1v) is 9.39. The molecule has 1 atom stereocenters. The van der Waals surface area contributed by atoms with Crippen LogP contribution in [-0.4, -0.2) is 76.4 Å². The number of methoxy groups -OCH3 is 1. The second-order valence-corrected chi connectivity index (χ2v) is 6.57. The molecule has 27 heavy (non-hydrogen) atoms. The van der Waals surface area contributed by atoms with E-state index in [-0.39, 0.29) is 35.8 Å². The summed E-state index contributed by atoms with van der Waals surface area (Å²) in [6.45, 7) is 11.2. The third-order valence-electron chi connectivity index (χ3n) is 4.39. The van der Waals surface area contributed by atoms with Crippen LogP contribution in [0, 0.1) is 5.82 Å². The Morgan fingerprint density at radius 3 is 2.48 bits per heavy atom. The normalized spacial score (nSPS) is 16.6. The van der Waals surface area contributed by atoms with Gasteiger partial charge in [0.05, 0.1) is 13.2 Å². The van der Waals surface area contributed by atoms with Gasteiger partial charge in [-0.3, -0.25) is 9.89 Å². The lowest BCUT2D eigenvalue weighted by molar-refractivity contribution is 0.179. The number of rotatable bonds is 8. The molecule has 154 valence electrons. The third kappa shape index (κ3) is 8.61. The fourth-order valence-corrected chi connectivity index (χ4v) is 3.03. The first-order chi connectivity index (χ1) is 12.6. The van der Waals surface area contributed by atoms with Crippen LogP contribution in [-0.2, 0) is 4.74 Å². The van der Waals surface area contributed by atoms with Crippen molar-refractivity contribution in [2.45, 2.75) is 19.9 Å². The maximum atomic E-state index is 13.0. The van der Waals surface area contributed by atoms with E-state index in [1.807, 2.05) is 12.1 Å². The molecule has 0 saturated carbocycles. The van der Waals surface area contributed by atoms with E-state index in [2.05, 4.69) is 39.3 Å². The van der Waals surface area contributed by atoms with Crippen molar-refractivity contribution in [2.24, 2.45) is 4.99 Å². The molecule has 0 spiro atoms. The lowest BCUT2D eigenvalue weighted by Crippen LogP contribution is -2.47. The minimum Gasteiger partial charge on any atom is -0.383 e. The van der Waals surface area contributed by atoms with Crippen LogP contribution in [0.15, 0.2) is 29.3 Å². The quantitative estimate of drug-likeness (QED) is 0.331. The number of hydrogen-bond donors (Lipinski definition) is 2. The molecule has 0 aliphatic carbocycles. The Morgan fingerprint density at radius 1 is 1.22 bits per heavy atom. The van der Waals surface area contributed by atoms with E-state index < -0.39 is 0 Å². The van der Waals surface area contributed by atoms with E-state index in [4.69, 9.17) is 4.74 Å². The maximum absolute atomic E-state index is 13.0. The van der Waals surface area contributed by atoms with Crippen LogP contribution in [0.5, 0.6) is 0 Å². The summed E-state index contributed by atoms with van der Waals surface area (Å²) in [6.07, 6.45) is 0. The average molecular weight is 493 g/mol. The molecular formula is C19H33FIN5O. The molecule has 8 heteroatoms. The van der Waals surface area contributed by atoms with Gasteiger partial charge < -0.3 is 20.3 Å². The molecule has 2 N–H and O–H groups in total. The molecule has 0 amide bonds. The van der Waals surface area contributed by atoms with E-state index >= 15 is 0 Å². The van der Waals surface area contributed by atoms with Crippen molar-refractivity contribution in [3.63, 3.8) is 0 Å². The Bertz CT molecular complexity index is 550. The highest BCUT2D eigenvalue weighted by molar-refractivity contribution is 14.0. The predicted molar refractivity (Wildman–Crippen MR) is 121 cm³/mol. The Labute approximate surface area is 179 Å². The van der Waals surface area contributed by atoms with Gasteiger partial charge in [0.1, 0.15) is 5.82 Å². The standard InChI is InChI=1S/C19H32FN5O.HI/c1-4-21-19(23-16(2)15-26-3)22-9-10-24-11-13-25(14-12-24)18-7-5-17(20)6-8-18;/h5-8,16H,4,9-15H2,1-3H3,(H2,21,22,23);1H. The first kappa shape index (κ1) is 23.9. The summed E-state index contributed by atoms with van der Waals surface area (Å²) in [5, 5.41) is 6.61. The molecular weight excluding hydrogens is 460 g/mol. The first-order valence-electron chi connectivity index (χ1n) is 9.39. The van der Waals surface area contributed by atoms with Crippen LogP contribution in [0.2, 0.25) is 0 Å². The molecule has 0 bridgehead atoms. The van der Waals surface area contributed by atoms with Crippen molar-refractivity contribution < 1.29 is 9.13 Å². The molecule has 0 aromatic heterocycles. The van der Waals surface area contributed by atoms with Crippen LogP contribution < -0.4 is 15.5 Å². The molecule has 1 aromatic carbocycles. The van der Waals surface area contributed by atoms with Crippen LogP contribution in [0.25, 0.3) is 0 Å². The number of ether oxygens (including phenoxy) is 1. The minimum absolute atomic E-state index is 0. The SMILES string of the molecule is CCNC(=NCCN1CCN(c2ccc(F)cc2)CC1)NC(C)COC.I. The summed E-state index contributed by atoms with van der Waals surface area (Å²) in [7, 11) is 1.70. The van der Waals surface area contributed by atoms with Crippen molar-refractivity contribution in [3.05, 3.63) is 30.1 Å². The maximum Gasteiger partial charge on any atom is 0.191 e. The van der Waals surface area contributed by atoms with E-state index in [0.29, 0.717) is 6.61 Å². The zero-order chi connectivity index (χ0) is 18.8. The number of guanidine groups is 1. The molecule has 6 nitrogen and oxygen atoms in total. The number of halogens is 2. The van der Waals surface area contributed by atoms with Gasteiger partial charge in [0.25, 0.3) is 0 Å². The van der Waals surface area contributed by atoms with Gasteiger partial charge in [-0.1, -0.05) is 0 Å². The van der Waals surface area contributed by atoms with E-state index in [1.54, 1.807) is 7.11 Å². The number of anilines is 1. The van der Waals surface area contributed by atoms with E-state index in [0.717, 1.165) is 57.5 Å². The fourth-order valence-electron chi connectivity index (χ4n) is 3.03. The fraction of sp³-hybridized carbons (Fsp3) is 0.632. The van der Waals surface area contributed by atoms with Crippen molar-refractivity contribution in [2.75, 3.05) is 64.4 Å². The highest BCUT2D eigenvalue weighted by atomic mass is 127. The number of hydrogen-bond acceptors (Lipinski definition) is 4. The smallest absolute Gasteiger partial charge is 0.191 e. The second-order valence-electron chi connectivity index (χ2n) is 6.57. The zero-order valence-corrected chi connectivity index (χ0v) is 18.9. The molecule has 1 aliphatic heterocycles. The summed E-state index contributed by atoms with van der Waals surface area (Å²) in [5.41, 5.74) is 1.09. The summed E-state index contributed by atoms with van der Waals surface area (Å²) in [4.78, 5) is 9.38. The molecule has 1 aromatic rings. The predicted octanol–water partition coefficient (Wildman–Crippen LogP) is 2.16. The Kier molecular flexibility index (Phi) is 11.6. The number of aliphatic imine (C=N–C) groups is 1. The third-order valence-corrected chi connectivity index (χ3v) is 4.39. The second kappa shape index (κ2) is 13.1. The highest BCUT2D eigenvalue weighted by Gasteiger charge is 2.16. The molecule has 0 radical (unpaired) electrons. The number of nitrogens with zero attached hydrogens (tertiary/aromatic N) is 3. The lowest BCUT2D eigenvalue weighted by Gasteiger charge is -2.35. The van der Waals surface area contributed by atoms with Crippen LogP contribution in [0.1, 0.15) is 13.8 Å². The van der Waals surface area contributed by atoms with Gasteiger partial charge in [0.15, 0.2) is 5.96 Å². The van der Waals surface area contributed by atoms with Gasteiger partial charge in [-0.2, -0.15) is 0 Å². The van der Waals surface area contributed by atoms with Crippen LogP contribution >= 0.6 is 24.0 Å². The van der Waals surface area contributed by atoms with Gasteiger partial charge in [0.2, 0.25) is 0 Å². The van der Waals surface area contributed by atoms with Crippen molar-refractivity contribution >= 4 is 35.6 Å². The molecule has 1 aliphatic rings. The van der Waals surface area contributed by atoms with Crippen LogP contribution in [0.3, 0.4) is 0 Å². The topological polar surface area (TPSA) is 52.1 Å². The number of nitrogens with one attached hydrogen (secondary N) is 2. The summed E-state index contributed by atoms with van der Waals surface area (Å²) < 4.78 is 18.2. The van der Waals surface area contributed by atoms with Gasteiger partial charge in [0, 0.05) is 58.1 Å². The van der Waals surface area contributed by atoms with E-state index in [1.165, 1.54) is 12.1 Å². The molecule has 1 heterocycles. The van der Waals surface area contributed by atoms with Gasteiger partial charge in [-0.25, -0.2) is 4.39 Å².